The average molecular weight is 326 g/mol. The van der Waals surface area contributed by atoms with E-state index in [-0.39, 0.29) is 18.4 Å². The molecule has 7 heteroatoms. The van der Waals surface area contributed by atoms with E-state index < -0.39 is 0 Å². The molecule has 3 aromatic rings. The van der Waals surface area contributed by atoms with Crippen molar-refractivity contribution in [1.29, 1.82) is 0 Å². The number of carbonyl (C=O) groups is 2. The Bertz CT molecular complexity index is 922. The summed E-state index contributed by atoms with van der Waals surface area (Å²) in [4.78, 5) is 27.9. The molecular formula is C16H14N4O2S. The largest absolute Gasteiger partial charge is 0.323 e. The third-order valence-corrected chi connectivity index (χ3v) is 5.11. The molecule has 0 unspecified atom stereocenters. The number of amides is 2. The Morgan fingerprint density at radius 2 is 2.13 bits per heavy atom. The monoisotopic (exact) mass is 326 g/mol. The number of benzene rings is 1. The molecule has 1 N–H and O–H groups in total. The number of carbonyl (C=O) groups excluding carboxylic acids is 2. The highest BCUT2D eigenvalue weighted by atomic mass is 32.1. The SMILES string of the molecule is Cc1nn(C)c2sc(C(=O)N3CC(=O)Nc4ccccc43)cc12. The molecule has 1 aliphatic heterocycles. The van der Waals surface area contributed by atoms with Gasteiger partial charge in [0.2, 0.25) is 5.91 Å². The van der Waals surface area contributed by atoms with Gasteiger partial charge in [0.25, 0.3) is 5.91 Å². The predicted molar refractivity (Wildman–Crippen MR) is 90.1 cm³/mol. The molecule has 6 nitrogen and oxygen atoms in total. The molecule has 0 radical (unpaired) electrons. The maximum atomic E-state index is 12.9. The number of anilines is 2. The fourth-order valence-electron chi connectivity index (χ4n) is 2.86. The van der Waals surface area contributed by atoms with Crippen molar-refractivity contribution < 1.29 is 9.59 Å². The van der Waals surface area contributed by atoms with Crippen molar-refractivity contribution in [2.24, 2.45) is 7.05 Å². The summed E-state index contributed by atoms with van der Waals surface area (Å²) >= 11 is 1.40. The molecule has 0 saturated carbocycles. The first-order valence-corrected chi connectivity index (χ1v) is 8.00. The van der Waals surface area contributed by atoms with Crippen molar-refractivity contribution in [1.82, 2.24) is 9.78 Å². The van der Waals surface area contributed by atoms with Crippen molar-refractivity contribution in [3.8, 4) is 0 Å². The lowest BCUT2D eigenvalue weighted by atomic mass is 10.2. The molecule has 1 aliphatic rings. The quantitative estimate of drug-likeness (QED) is 0.747. The highest BCUT2D eigenvalue weighted by Crippen LogP contribution is 2.33. The van der Waals surface area contributed by atoms with Crippen LogP contribution < -0.4 is 10.2 Å². The summed E-state index contributed by atoms with van der Waals surface area (Å²) in [6.07, 6.45) is 0. The number of hydrogen-bond acceptors (Lipinski definition) is 4. The van der Waals surface area contributed by atoms with E-state index in [4.69, 9.17) is 0 Å². The van der Waals surface area contributed by atoms with E-state index in [1.165, 1.54) is 16.2 Å². The van der Waals surface area contributed by atoms with Crippen LogP contribution in [-0.2, 0) is 11.8 Å². The normalized spacial score (nSPS) is 14.0. The average Bonchev–Trinajstić information content (AvgIpc) is 3.08. The summed E-state index contributed by atoms with van der Waals surface area (Å²) in [6.45, 7) is 1.95. The lowest BCUT2D eigenvalue weighted by Crippen LogP contribution is -2.41. The van der Waals surface area contributed by atoms with Crippen LogP contribution in [0.4, 0.5) is 11.4 Å². The van der Waals surface area contributed by atoms with Crippen LogP contribution in [0.15, 0.2) is 30.3 Å². The van der Waals surface area contributed by atoms with E-state index in [9.17, 15) is 9.59 Å². The van der Waals surface area contributed by atoms with Gasteiger partial charge in [-0.1, -0.05) is 12.1 Å². The second kappa shape index (κ2) is 4.92. The Kier molecular flexibility index (Phi) is 2.99. The van der Waals surface area contributed by atoms with Gasteiger partial charge in [0.15, 0.2) is 0 Å². The molecule has 0 bridgehead atoms. The van der Waals surface area contributed by atoms with Gasteiger partial charge in [0.1, 0.15) is 11.4 Å². The zero-order valence-corrected chi connectivity index (χ0v) is 13.5. The van der Waals surface area contributed by atoms with Gasteiger partial charge in [-0.2, -0.15) is 5.10 Å². The lowest BCUT2D eigenvalue weighted by Gasteiger charge is -2.28. The summed E-state index contributed by atoms with van der Waals surface area (Å²) in [5, 5.41) is 8.12. The minimum atomic E-state index is -0.184. The van der Waals surface area contributed by atoms with Crippen molar-refractivity contribution in [2.45, 2.75) is 6.92 Å². The van der Waals surface area contributed by atoms with E-state index in [0.29, 0.717) is 10.6 Å². The van der Waals surface area contributed by atoms with Gasteiger partial charge in [-0.15, -0.1) is 11.3 Å². The van der Waals surface area contributed by atoms with Crippen LogP contribution in [0.25, 0.3) is 10.2 Å². The van der Waals surface area contributed by atoms with Gasteiger partial charge in [0.05, 0.1) is 21.9 Å². The standard InChI is InChI=1S/C16H14N4O2S/c1-9-10-7-13(23-16(10)19(2)18-9)15(22)20-8-14(21)17-11-5-3-4-6-12(11)20/h3-7H,8H2,1-2H3,(H,17,21). The highest BCUT2D eigenvalue weighted by Gasteiger charge is 2.28. The van der Waals surface area contributed by atoms with Crippen LogP contribution in [0.5, 0.6) is 0 Å². The van der Waals surface area contributed by atoms with Gasteiger partial charge in [-0.25, -0.2) is 0 Å². The first kappa shape index (κ1) is 14.0. The Hall–Kier alpha value is -2.67. The molecule has 116 valence electrons. The number of aromatic nitrogens is 2. The van der Waals surface area contributed by atoms with Crippen molar-refractivity contribution in [3.63, 3.8) is 0 Å². The molecule has 0 aliphatic carbocycles. The van der Waals surface area contributed by atoms with Crippen LogP contribution in [0, 0.1) is 6.92 Å². The molecule has 0 atom stereocenters. The first-order valence-electron chi connectivity index (χ1n) is 7.18. The number of nitrogens with zero attached hydrogens (tertiary/aromatic N) is 3. The van der Waals surface area contributed by atoms with Crippen LogP contribution in [-0.4, -0.2) is 28.1 Å². The number of aryl methyl sites for hydroxylation is 2. The Balaban J connectivity index is 1.79. The topological polar surface area (TPSA) is 67.2 Å². The van der Waals surface area contributed by atoms with Crippen molar-refractivity contribution >= 4 is 44.7 Å². The molecule has 23 heavy (non-hydrogen) atoms. The van der Waals surface area contributed by atoms with E-state index in [1.54, 1.807) is 10.7 Å². The minimum Gasteiger partial charge on any atom is -0.323 e. The van der Waals surface area contributed by atoms with Gasteiger partial charge in [-0.05, 0) is 25.1 Å². The maximum Gasteiger partial charge on any atom is 0.268 e. The summed E-state index contributed by atoms with van der Waals surface area (Å²) < 4.78 is 1.78. The third-order valence-electron chi connectivity index (χ3n) is 3.92. The summed E-state index contributed by atoms with van der Waals surface area (Å²) in [5.74, 6) is -0.344. The fourth-order valence-corrected chi connectivity index (χ4v) is 3.93. The Morgan fingerprint density at radius 1 is 1.35 bits per heavy atom. The van der Waals surface area contributed by atoms with Crippen LogP contribution in [0.1, 0.15) is 15.4 Å². The van der Waals surface area contributed by atoms with Gasteiger partial charge >= 0.3 is 0 Å². The number of fused-ring (bicyclic) bond motifs is 2. The smallest absolute Gasteiger partial charge is 0.268 e. The van der Waals surface area contributed by atoms with Crippen LogP contribution in [0.3, 0.4) is 0 Å². The zero-order chi connectivity index (χ0) is 16.1. The molecule has 3 heterocycles. The summed E-state index contributed by atoms with van der Waals surface area (Å²) in [7, 11) is 1.86. The first-order chi connectivity index (χ1) is 11.0. The zero-order valence-electron chi connectivity index (χ0n) is 12.7. The van der Waals surface area contributed by atoms with E-state index in [2.05, 4.69) is 10.4 Å². The third kappa shape index (κ3) is 2.12. The van der Waals surface area contributed by atoms with Gasteiger partial charge in [0, 0.05) is 12.4 Å². The molecule has 0 fully saturated rings. The van der Waals surface area contributed by atoms with Gasteiger partial charge in [-0.3, -0.25) is 19.2 Å². The molecular weight excluding hydrogens is 312 g/mol. The molecule has 1 aromatic carbocycles. The minimum absolute atomic E-state index is 0.0291. The molecule has 0 saturated heterocycles. The van der Waals surface area contributed by atoms with Crippen LogP contribution in [0.2, 0.25) is 0 Å². The molecule has 4 rings (SSSR count). The fraction of sp³-hybridized carbons (Fsp3) is 0.188. The predicted octanol–water partition coefficient (Wildman–Crippen LogP) is 2.54. The maximum absolute atomic E-state index is 12.9. The highest BCUT2D eigenvalue weighted by molar-refractivity contribution is 7.20. The van der Waals surface area contributed by atoms with E-state index in [0.717, 1.165) is 21.6 Å². The number of rotatable bonds is 1. The summed E-state index contributed by atoms with van der Waals surface area (Å²) in [5.41, 5.74) is 2.29. The number of hydrogen-bond donors (Lipinski definition) is 1. The Morgan fingerprint density at radius 3 is 2.91 bits per heavy atom. The van der Waals surface area contributed by atoms with E-state index in [1.807, 2.05) is 38.2 Å². The van der Waals surface area contributed by atoms with Crippen molar-refractivity contribution in [2.75, 3.05) is 16.8 Å². The molecule has 2 aromatic heterocycles. The molecule has 2 amide bonds. The van der Waals surface area contributed by atoms with E-state index >= 15 is 0 Å². The number of para-hydroxylation sites is 2. The van der Waals surface area contributed by atoms with Gasteiger partial charge < -0.3 is 5.32 Å². The number of nitrogens with one attached hydrogen (secondary N) is 1. The lowest BCUT2D eigenvalue weighted by molar-refractivity contribution is -0.115. The second-order valence-corrected chi connectivity index (χ2v) is 6.53. The Labute approximate surface area is 136 Å². The second-order valence-electron chi connectivity index (χ2n) is 5.50. The summed E-state index contributed by atoms with van der Waals surface area (Å²) in [6, 6.07) is 9.19. The number of thiophene rings is 1. The molecule has 0 spiro atoms. The van der Waals surface area contributed by atoms with Crippen LogP contribution >= 0.6 is 11.3 Å². The van der Waals surface area contributed by atoms with Crippen molar-refractivity contribution in [3.05, 3.63) is 40.9 Å².